The fourth-order valence-corrected chi connectivity index (χ4v) is 1.03. The van der Waals surface area contributed by atoms with Crippen molar-refractivity contribution in [3.05, 3.63) is 25.0 Å². The number of nitrogens with one attached hydrogen (secondary N) is 1. The Bertz CT molecular complexity index is 169. The lowest BCUT2D eigenvalue weighted by Crippen LogP contribution is -1.73. The summed E-state index contributed by atoms with van der Waals surface area (Å²) in [5, 5.41) is 0.954. The minimum atomic E-state index is 0.910. The van der Waals surface area contributed by atoms with Crippen LogP contribution < -0.4 is 0 Å². The van der Waals surface area contributed by atoms with Crippen molar-refractivity contribution in [3.8, 4) is 0 Å². The molecular weight excluding hydrogens is 132 g/mol. The Morgan fingerprint density at radius 3 is 3.33 bits per heavy atom. The zero-order chi connectivity index (χ0) is 6.53. The van der Waals surface area contributed by atoms with Crippen LogP contribution in [0.15, 0.2) is 30.2 Å². The van der Waals surface area contributed by atoms with E-state index in [1.807, 2.05) is 12.3 Å². The molecule has 1 rings (SSSR count). The molecule has 0 aliphatic carbocycles. The number of H-pyrrole nitrogens is 1. The van der Waals surface area contributed by atoms with Gasteiger partial charge in [0.2, 0.25) is 0 Å². The third-order valence-corrected chi connectivity index (χ3v) is 1.71. The SMILES string of the molecule is C=CCSc1ncc[nH]1. The number of hydrogen-bond donors (Lipinski definition) is 1. The highest BCUT2D eigenvalue weighted by molar-refractivity contribution is 7.99. The van der Waals surface area contributed by atoms with E-state index < -0.39 is 0 Å². The second kappa shape index (κ2) is 3.35. The van der Waals surface area contributed by atoms with Gasteiger partial charge >= 0.3 is 0 Å². The summed E-state index contributed by atoms with van der Waals surface area (Å²) < 4.78 is 0. The number of thioether (sulfide) groups is 1. The predicted octanol–water partition coefficient (Wildman–Crippen LogP) is 1.69. The number of aromatic amines is 1. The maximum Gasteiger partial charge on any atom is 0.165 e. The summed E-state index contributed by atoms with van der Waals surface area (Å²) in [4.78, 5) is 6.99. The van der Waals surface area contributed by atoms with Gasteiger partial charge in [0.1, 0.15) is 0 Å². The molecule has 0 saturated carbocycles. The van der Waals surface area contributed by atoms with Gasteiger partial charge in [-0.15, -0.1) is 6.58 Å². The molecule has 0 aliphatic rings. The summed E-state index contributed by atoms with van der Waals surface area (Å²) in [5.74, 6) is 0.910. The van der Waals surface area contributed by atoms with Crippen molar-refractivity contribution in [2.75, 3.05) is 5.75 Å². The monoisotopic (exact) mass is 140 g/mol. The second-order valence-corrected chi connectivity index (χ2v) is 2.50. The van der Waals surface area contributed by atoms with Gasteiger partial charge in [-0.2, -0.15) is 0 Å². The van der Waals surface area contributed by atoms with Crippen LogP contribution in [-0.2, 0) is 0 Å². The van der Waals surface area contributed by atoms with E-state index in [4.69, 9.17) is 0 Å². The molecule has 1 heterocycles. The van der Waals surface area contributed by atoms with Crippen LogP contribution in [0.3, 0.4) is 0 Å². The number of nitrogens with zero attached hydrogens (tertiary/aromatic N) is 1. The van der Waals surface area contributed by atoms with Gasteiger partial charge in [0, 0.05) is 18.1 Å². The molecule has 0 saturated heterocycles. The number of rotatable bonds is 3. The summed E-state index contributed by atoms with van der Waals surface area (Å²) in [6.07, 6.45) is 5.41. The van der Waals surface area contributed by atoms with E-state index in [1.54, 1.807) is 18.0 Å². The fourth-order valence-electron chi connectivity index (χ4n) is 0.468. The highest BCUT2D eigenvalue weighted by atomic mass is 32.2. The number of hydrogen-bond acceptors (Lipinski definition) is 2. The van der Waals surface area contributed by atoms with Crippen molar-refractivity contribution in [2.45, 2.75) is 5.16 Å². The zero-order valence-electron chi connectivity index (χ0n) is 5.00. The van der Waals surface area contributed by atoms with Crippen molar-refractivity contribution >= 4 is 11.8 Å². The summed E-state index contributed by atoms with van der Waals surface area (Å²) in [6.45, 7) is 3.60. The van der Waals surface area contributed by atoms with Crippen LogP contribution in [0.5, 0.6) is 0 Å². The molecule has 1 aromatic heterocycles. The first-order valence-corrected chi connectivity index (χ1v) is 3.65. The van der Waals surface area contributed by atoms with E-state index in [9.17, 15) is 0 Å². The maximum absolute atomic E-state index is 4.01. The summed E-state index contributed by atoms with van der Waals surface area (Å²) in [7, 11) is 0. The number of aromatic nitrogens is 2. The van der Waals surface area contributed by atoms with Gasteiger partial charge in [0.25, 0.3) is 0 Å². The molecule has 2 nitrogen and oxygen atoms in total. The van der Waals surface area contributed by atoms with Gasteiger partial charge in [-0.05, 0) is 0 Å². The Labute approximate surface area is 58.4 Å². The van der Waals surface area contributed by atoms with E-state index >= 15 is 0 Å². The maximum atomic E-state index is 4.01. The smallest absolute Gasteiger partial charge is 0.165 e. The van der Waals surface area contributed by atoms with Gasteiger partial charge in [0.15, 0.2) is 5.16 Å². The molecule has 1 N–H and O–H groups in total. The average molecular weight is 140 g/mol. The Morgan fingerprint density at radius 2 is 2.78 bits per heavy atom. The summed E-state index contributed by atoms with van der Waals surface area (Å²) >= 11 is 1.64. The molecule has 0 atom stereocenters. The van der Waals surface area contributed by atoms with Gasteiger partial charge in [-0.25, -0.2) is 4.98 Å². The van der Waals surface area contributed by atoms with Gasteiger partial charge in [0.05, 0.1) is 0 Å². The van der Waals surface area contributed by atoms with Crippen LogP contribution in [0, 0.1) is 0 Å². The molecule has 1 aromatic rings. The summed E-state index contributed by atoms with van der Waals surface area (Å²) in [5.41, 5.74) is 0. The van der Waals surface area contributed by atoms with Gasteiger partial charge in [-0.3, -0.25) is 0 Å². The van der Waals surface area contributed by atoms with E-state index in [2.05, 4.69) is 16.5 Å². The Kier molecular flexibility index (Phi) is 2.39. The lowest BCUT2D eigenvalue weighted by Gasteiger charge is -1.87. The highest BCUT2D eigenvalue weighted by Crippen LogP contribution is 2.10. The largest absolute Gasteiger partial charge is 0.340 e. The highest BCUT2D eigenvalue weighted by Gasteiger charge is 1.89. The first-order valence-electron chi connectivity index (χ1n) is 2.66. The first-order chi connectivity index (χ1) is 4.43. The van der Waals surface area contributed by atoms with E-state index in [-0.39, 0.29) is 0 Å². The van der Waals surface area contributed by atoms with Crippen molar-refractivity contribution in [3.63, 3.8) is 0 Å². The number of imidazole rings is 1. The zero-order valence-corrected chi connectivity index (χ0v) is 5.82. The standard InChI is InChI=1S/C6H8N2S/c1-2-5-9-6-7-3-4-8-6/h2-4H,1,5H2,(H,7,8). The minimum absolute atomic E-state index is 0.910. The first kappa shape index (κ1) is 6.42. The van der Waals surface area contributed by atoms with E-state index in [0.717, 1.165) is 10.9 Å². The quantitative estimate of drug-likeness (QED) is 0.511. The molecule has 48 valence electrons. The topological polar surface area (TPSA) is 28.7 Å². The molecule has 0 fully saturated rings. The average Bonchev–Trinajstić information content (AvgIpc) is 2.34. The third kappa shape index (κ3) is 1.93. The van der Waals surface area contributed by atoms with E-state index in [1.165, 1.54) is 0 Å². The van der Waals surface area contributed by atoms with Crippen LogP contribution in [0.4, 0.5) is 0 Å². The van der Waals surface area contributed by atoms with Crippen molar-refractivity contribution < 1.29 is 0 Å². The molecule has 3 heteroatoms. The Morgan fingerprint density at radius 1 is 1.89 bits per heavy atom. The molecule has 0 aliphatic heterocycles. The van der Waals surface area contributed by atoms with Gasteiger partial charge in [-0.1, -0.05) is 17.8 Å². The van der Waals surface area contributed by atoms with E-state index in [0.29, 0.717) is 0 Å². The van der Waals surface area contributed by atoms with Crippen molar-refractivity contribution in [1.29, 1.82) is 0 Å². The predicted molar refractivity (Wildman–Crippen MR) is 39.5 cm³/mol. The molecule has 0 radical (unpaired) electrons. The molecule has 9 heavy (non-hydrogen) atoms. The molecular formula is C6H8N2S. The van der Waals surface area contributed by atoms with Crippen LogP contribution >= 0.6 is 11.8 Å². The van der Waals surface area contributed by atoms with Crippen LogP contribution in [0.1, 0.15) is 0 Å². The molecule has 0 spiro atoms. The summed E-state index contributed by atoms with van der Waals surface area (Å²) in [6, 6.07) is 0. The molecule has 0 unspecified atom stereocenters. The minimum Gasteiger partial charge on any atom is -0.340 e. The van der Waals surface area contributed by atoms with Crippen LogP contribution in [-0.4, -0.2) is 15.7 Å². The lowest BCUT2D eigenvalue weighted by atomic mass is 10.8. The molecule has 0 bridgehead atoms. The lowest BCUT2D eigenvalue weighted by molar-refractivity contribution is 1.06. The fraction of sp³-hybridized carbons (Fsp3) is 0.167. The second-order valence-electron chi connectivity index (χ2n) is 1.49. The molecule has 0 aromatic carbocycles. The Hall–Kier alpha value is -0.700. The van der Waals surface area contributed by atoms with Crippen LogP contribution in [0.2, 0.25) is 0 Å². The van der Waals surface area contributed by atoms with Crippen molar-refractivity contribution in [1.82, 2.24) is 9.97 Å². The Balaban J connectivity index is 2.38. The van der Waals surface area contributed by atoms with Crippen LogP contribution in [0.25, 0.3) is 0 Å². The normalized spacial score (nSPS) is 9.33. The van der Waals surface area contributed by atoms with Gasteiger partial charge < -0.3 is 4.98 Å². The third-order valence-electron chi connectivity index (χ3n) is 0.811. The molecule has 0 amide bonds. The van der Waals surface area contributed by atoms with Crippen molar-refractivity contribution in [2.24, 2.45) is 0 Å².